The highest BCUT2D eigenvalue weighted by Crippen LogP contribution is 2.24. The van der Waals surface area contributed by atoms with E-state index in [1.54, 1.807) is 10.7 Å². The number of rotatable bonds is 1. The maximum absolute atomic E-state index is 12.6. The zero-order valence-corrected chi connectivity index (χ0v) is 15.7. The lowest BCUT2D eigenvalue weighted by molar-refractivity contribution is 0.886. The molecule has 1 heterocycles. The molecule has 0 radical (unpaired) electrons. The molecule has 0 unspecified atom stereocenters. The molecular formula is C15H9Br3N2O. The van der Waals surface area contributed by atoms with Gasteiger partial charge in [-0.05, 0) is 59.3 Å². The van der Waals surface area contributed by atoms with Gasteiger partial charge in [-0.2, -0.15) is 5.10 Å². The molecular weight excluding hydrogens is 464 g/mol. The molecule has 106 valence electrons. The standard InChI is InChI=1S/C15H9Br3N2O/c1-8-12-6-10(17)7-13(18)15(21)14(12)20(19-8)11-4-2-9(16)3-5-11/h2-7H,1H3. The summed E-state index contributed by atoms with van der Waals surface area (Å²) in [6, 6.07) is 11.4. The number of nitrogens with zero attached hydrogens (tertiary/aromatic N) is 2. The van der Waals surface area contributed by atoms with Crippen LogP contribution in [-0.2, 0) is 0 Å². The van der Waals surface area contributed by atoms with Crippen molar-refractivity contribution in [3.63, 3.8) is 0 Å². The van der Waals surface area contributed by atoms with Crippen molar-refractivity contribution in [2.45, 2.75) is 6.92 Å². The minimum atomic E-state index is -0.0841. The molecule has 0 spiro atoms. The smallest absolute Gasteiger partial charge is 0.219 e. The SMILES string of the molecule is Cc1nn(-c2ccc(Br)cc2)c2c(=O)c(Br)cc(Br)cc12. The van der Waals surface area contributed by atoms with Crippen molar-refractivity contribution in [3.8, 4) is 5.69 Å². The van der Waals surface area contributed by atoms with Crippen molar-refractivity contribution < 1.29 is 0 Å². The quantitative estimate of drug-likeness (QED) is 0.500. The van der Waals surface area contributed by atoms with Crippen molar-refractivity contribution in [1.29, 1.82) is 0 Å². The van der Waals surface area contributed by atoms with E-state index in [1.807, 2.05) is 37.3 Å². The van der Waals surface area contributed by atoms with Gasteiger partial charge in [0.2, 0.25) is 5.43 Å². The summed E-state index contributed by atoms with van der Waals surface area (Å²) >= 11 is 10.2. The van der Waals surface area contributed by atoms with Crippen LogP contribution in [0.4, 0.5) is 0 Å². The van der Waals surface area contributed by atoms with Gasteiger partial charge in [0.05, 0.1) is 15.9 Å². The summed E-state index contributed by atoms with van der Waals surface area (Å²) in [6.45, 7) is 1.90. The molecule has 2 aromatic carbocycles. The Morgan fingerprint density at radius 1 is 1.00 bits per heavy atom. The Morgan fingerprint density at radius 3 is 2.33 bits per heavy atom. The molecule has 0 atom stereocenters. The zero-order valence-electron chi connectivity index (χ0n) is 10.9. The van der Waals surface area contributed by atoms with Crippen LogP contribution in [0.5, 0.6) is 0 Å². The van der Waals surface area contributed by atoms with Crippen LogP contribution in [0, 0.1) is 6.92 Å². The Morgan fingerprint density at radius 2 is 1.67 bits per heavy atom. The van der Waals surface area contributed by atoms with Gasteiger partial charge in [0.1, 0.15) is 5.52 Å². The van der Waals surface area contributed by atoms with Crippen LogP contribution in [-0.4, -0.2) is 9.78 Å². The fourth-order valence-corrected chi connectivity index (χ4v) is 3.64. The maximum Gasteiger partial charge on any atom is 0.219 e. The molecule has 1 aromatic heterocycles. The van der Waals surface area contributed by atoms with E-state index in [0.29, 0.717) is 9.99 Å². The molecule has 0 fully saturated rings. The number of hydrogen-bond acceptors (Lipinski definition) is 2. The molecule has 0 saturated carbocycles. The Bertz CT molecular complexity index is 901. The molecule has 0 aliphatic carbocycles. The predicted octanol–water partition coefficient (Wildman–Crippen LogP) is 4.98. The van der Waals surface area contributed by atoms with Crippen LogP contribution < -0.4 is 5.43 Å². The zero-order chi connectivity index (χ0) is 15.1. The molecule has 6 heteroatoms. The van der Waals surface area contributed by atoms with Gasteiger partial charge in [-0.25, -0.2) is 4.68 Å². The van der Waals surface area contributed by atoms with Crippen molar-refractivity contribution in [2.75, 3.05) is 0 Å². The van der Waals surface area contributed by atoms with Crippen molar-refractivity contribution in [3.05, 3.63) is 65.7 Å². The first-order chi connectivity index (χ1) is 9.97. The van der Waals surface area contributed by atoms with Gasteiger partial charge in [-0.1, -0.05) is 31.9 Å². The van der Waals surface area contributed by atoms with Crippen molar-refractivity contribution in [2.24, 2.45) is 0 Å². The van der Waals surface area contributed by atoms with E-state index in [4.69, 9.17) is 0 Å². The van der Waals surface area contributed by atoms with Gasteiger partial charge in [-0.15, -0.1) is 0 Å². The van der Waals surface area contributed by atoms with E-state index in [1.165, 1.54) is 0 Å². The van der Waals surface area contributed by atoms with Gasteiger partial charge < -0.3 is 0 Å². The van der Waals surface area contributed by atoms with E-state index in [0.717, 1.165) is 25.7 Å². The third-order valence-electron chi connectivity index (χ3n) is 3.16. The van der Waals surface area contributed by atoms with Crippen LogP contribution >= 0.6 is 47.8 Å². The van der Waals surface area contributed by atoms with Gasteiger partial charge in [-0.3, -0.25) is 4.79 Å². The first kappa shape index (κ1) is 14.9. The lowest BCUT2D eigenvalue weighted by Gasteiger charge is -2.02. The highest BCUT2D eigenvalue weighted by Gasteiger charge is 2.13. The summed E-state index contributed by atoms with van der Waals surface area (Å²) in [5.74, 6) is 0. The average molecular weight is 473 g/mol. The van der Waals surface area contributed by atoms with E-state index in [2.05, 4.69) is 52.9 Å². The second kappa shape index (κ2) is 5.66. The molecule has 3 nitrogen and oxygen atoms in total. The third kappa shape index (κ3) is 2.72. The minimum Gasteiger partial charge on any atom is -0.286 e. The number of hydrogen-bond donors (Lipinski definition) is 0. The first-order valence-corrected chi connectivity index (χ1v) is 8.50. The molecule has 0 saturated heterocycles. The summed E-state index contributed by atoms with van der Waals surface area (Å²) in [6.07, 6.45) is 0. The largest absolute Gasteiger partial charge is 0.286 e. The number of aromatic nitrogens is 2. The van der Waals surface area contributed by atoms with Crippen LogP contribution in [0.3, 0.4) is 0 Å². The number of halogens is 3. The number of benzene rings is 1. The van der Waals surface area contributed by atoms with Crippen LogP contribution in [0.15, 0.2) is 54.6 Å². The van der Waals surface area contributed by atoms with E-state index >= 15 is 0 Å². The average Bonchev–Trinajstić information content (AvgIpc) is 2.70. The predicted molar refractivity (Wildman–Crippen MR) is 95.2 cm³/mol. The lowest BCUT2D eigenvalue weighted by atomic mass is 10.2. The summed E-state index contributed by atoms with van der Waals surface area (Å²) in [5.41, 5.74) is 2.14. The summed E-state index contributed by atoms with van der Waals surface area (Å²) in [4.78, 5) is 12.6. The van der Waals surface area contributed by atoms with Gasteiger partial charge in [0.15, 0.2) is 0 Å². The van der Waals surface area contributed by atoms with Crippen LogP contribution in [0.25, 0.3) is 16.6 Å². The summed E-state index contributed by atoms with van der Waals surface area (Å²) in [5, 5.41) is 5.35. The summed E-state index contributed by atoms with van der Waals surface area (Å²) < 4.78 is 4.01. The number of fused-ring (bicyclic) bond motifs is 1. The highest BCUT2D eigenvalue weighted by molar-refractivity contribution is 9.11. The monoisotopic (exact) mass is 470 g/mol. The van der Waals surface area contributed by atoms with E-state index in [-0.39, 0.29) is 5.43 Å². The molecule has 3 rings (SSSR count). The maximum atomic E-state index is 12.6. The number of aryl methyl sites for hydroxylation is 1. The molecule has 0 aliphatic heterocycles. The van der Waals surface area contributed by atoms with E-state index in [9.17, 15) is 4.79 Å². The molecule has 0 N–H and O–H groups in total. The molecule has 0 aliphatic rings. The topological polar surface area (TPSA) is 34.9 Å². The highest BCUT2D eigenvalue weighted by atomic mass is 79.9. The van der Waals surface area contributed by atoms with E-state index < -0.39 is 0 Å². The van der Waals surface area contributed by atoms with Gasteiger partial charge in [0.25, 0.3) is 0 Å². The van der Waals surface area contributed by atoms with Crippen molar-refractivity contribution in [1.82, 2.24) is 9.78 Å². The molecule has 0 amide bonds. The first-order valence-electron chi connectivity index (χ1n) is 6.12. The second-order valence-electron chi connectivity index (χ2n) is 4.59. The van der Waals surface area contributed by atoms with Gasteiger partial charge in [0, 0.05) is 14.3 Å². The van der Waals surface area contributed by atoms with Crippen LogP contribution in [0.2, 0.25) is 0 Å². The lowest BCUT2D eigenvalue weighted by Crippen LogP contribution is -2.06. The van der Waals surface area contributed by atoms with Gasteiger partial charge >= 0.3 is 0 Å². The Hall–Kier alpha value is -0.980. The fraction of sp³-hybridized carbons (Fsp3) is 0.0667. The Balaban J connectivity index is 2.46. The normalized spacial score (nSPS) is 11.0. The minimum absolute atomic E-state index is 0.0841. The van der Waals surface area contributed by atoms with Crippen LogP contribution in [0.1, 0.15) is 5.69 Å². The third-order valence-corrected chi connectivity index (χ3v) is 4.73. The van der Waals surface area contributed by atoms with Crippen molar-refractivity contribution >= 4 is 58.7 Å². The Labute approximate surface area is 146 Å². The molecule has 3 aromatic rings. The second-order valence-corrected chi connectivity index (χ2v) is 7.27. The Kier molecular flexibility index (Phi) is 4.03. The fourth-order valence-electron chi connectivity index (χ4n) is 2.18. The summed E-state index contributed by atoms with van der Waals surface area (Å²) in [7, 11) is 0. The molecule has 21 heavy (non-hydrogen) atoms. The molecule has 0 bridgehead atoms.